The maximum Gasteiger partial charge on any atom is 0.248 e. The van der Waals surface area contributed by atoms with Crippen LogP contribution in [-0.4, -0.2) is 65.2 Å². The molecule has 2 saturated heterocycles. The largest absolute Gasteiger partial charge is 0.375 e. The second-order valence-corrected chi connectivity index (χ2v) is 7.57. The van der Waals surface area contributed by atoms with Crippen LogP contribution in [0.25, 0.3) is 0 Å². The molecule has 0 N–H and O–H groups in total. The second-order valence-electron chi connectivity index (χ2n) is 7.57. The van der Waals surface area contributed by atoms with Crippen molar-refractivity contribution >= 4 is 5.91 Å². The van der Waals surface area contributed by atoms with Crippen LogP contribution in [0.2, 0.25) is 0 Å². The summed E-state index contributed by atoms with van der Waals surface area (Å²) >= 11 is 0. The van der Waals surface area contributed by atoms with Crippen LogP contribution in [0.4, 0.5) is 0 Å². The molecular weight excluding hydrogens is 316 g/mol. The van der Waals surface area contributed by atoms with Gasteiger partial charge in [0, 0.05) is 39.1 Å². The molecular formula is C19H32N4O2. The lowest BCUT2D eigenvalue weighted by atomic mass is 9.73. The van der Waals surface area contributed by atoms with Gasteiger partial charge in [-0.3, -0.25) is 9.69 Å². The second kappa shape index (κ2) is 8.32. The molecule has 140 valence electrons. The van der Waals surface area contributed by atoms with E-state index in [-0.39, 0.29) is 12.5 Å². The number of hydrogen-bond donors (Lipinski definition) is 0. The van der Waals surface area contributed by atoms with Gasteiger partial charge in [-0.1, -0.05) is 0 Å². The maximum absolute atomic E-state index is 12.0. The van der Waals surface area contributed by atoms with Gasteiger partial charge >= 0.3 is 0 Å². The molecule has 3 heterocycles. The lowest BCUT2D eigenvalue weighted by Gasteiger charge is -2.41. The molecule has 25 heavy (non-hydrogen) atoms. The molecule has 1 aromatic heterocycles. The number of methoxy groups -OCH3 is 1. The summed E-state index contributed by atoms with van der Waals surface area (Å²) in [6.45, 7) is 8.40. The number of carbonyl (C=O) groups is 1. The Morgan fingerprint density at radius 3 is 2.68 bits per heavy atom. The summed E-state index contributed by atoms with van der Waals surface area (Å²) in [5, 5.41) is 0. The van der Waals surface area contributed by atoms with E-state index in [1.807, 2.05) is 11.1 Å². The van der Waals surface area contributed by atoms with Crippen molar-refractivity contribution in [2.24, 2.45) is 5.41 Å². The van der Waals surface area contributed by atoms with E-state index in [2.05, 4.69) is 27.6 Å². The molecule has 6 nitrogen and oxygen atoms in total. The minimum absolute atomic E-state index is 0.138. The number of rotatable bonds is 5. The van der Waals surface area contributed by atoms with Crippen LogP contribution in [0.1, 0.15) is 44.9 Å². The van der Waals surface area contributed by atoms with E-state index in [1.165, 1.54) is 25.1 Å². The molecule has 1 spiro atoms. The average Bonchev–Trinajstić information content (AvgIpc) is 2.98. The molecule has 0 saturated carbocycles. The van der Waals surface area contributed by atoms with Crippen molar-refractivity contribution in [3.05, 3.63) is 18.2 Å². The first-order valence-corrected chi connectivity index (χ1v) is 9.65. The summed E-state index contributed by atoms with van der Waals surface area (Å²) in [4.78, 5) is 21.1. The normalized spacial score (nSPS) is 21.4. The van der Waals surface area contributed by atoms with Gasteiger partial charge in [0.25, 0.3) is 0 Å². The Labute approximate surface area is 151 Å². The highest BCUT2D eigenvalue weighted by molar-refractivity contribution is 5.77. The third kappa shape index (κ3) is 4.42. The molecule has 2 aliphatic heterocycles. The van der Waals surface area contributed by atoms with E-state index in [0.717, 1.165) is 52.1 Å². The molecule has 0 bridgehead atoms. The minimum Gasteiger partial charge on any atom is -0.375 e. The quantitative estimate of drug-likeness (QED) is 0.818. The van der Waals surface area contributed by atoms with Crippen LogP contribution >= 0.6 is 0 Å². The van der Waals surface area contributed by atoms with Gasteiger partial charge in [-0.15, -0.1) is 0 Å². The zero-order valence-corrected chi connectivity index (χ0v) is 15.7. The summed E-state index contributed by atoms with van der Waals surface area (Å²) in [6, 6.07) is 0. The third-order valence-electron chi connectivity index (χ3n) is 6.09. The average molecular weight is 348 g/mol. The van der Waals surface area contributed by atoms with Crippen molar-refractivity contribution in [1.29, 1.82) is 0 Å². The Bertz CT molecular complexity index is 564. The minimum atomic E-state index is 0.138. The topological polar surface area (TPSA) is 50.6 Å². The first-order chi connectivity index (χ1) is 12.2. The molecule has 0 aromatic carbocycles. The van der Waals surface area contributed by atoms with Gasteiger partial charge in [-0.05, 0) is 57.5 Å². The summed E-state index contributed by atoms with van der Waals surface area (Å²) in [6.07, 6.45) is 10.0. The number of amides is 1. The standard InChI is InChI=1S/C19H32N4O2/c1-3-22-14-9-20-17(22)15-21-10-4-5-19(6-11-21)7-12-23(13-8-19)18(24)16-25-2/h9,14H,3-8,10-13,15-16H2,1-2H3. The third-order valence-corrected chi connectivity index (χ3v) is 6.09. The van der Waals surface area contributed by atoms with Crippen LogP contribution in [0.15, 0.2) is 12.4 Å². The molecule has 2 fully saturated rings. The van der Waals surface area contributed by atoms with Crippen molar-refractivity contribution in [2.75, 3.05) is 39.9 Å². The van der Waals surface area contributed by atoms with Gasteiger partial charge in [0.05, 0.1) is 6.54 Å². The van der Waals surface area contributed by atoms with Crippen molar-refractivity contribution < 1.29 is 9.53 Å². The van der Waals surface area contributed by atoms with Crippen LogP contribution in [0.3, 0.4) is 0 Å². The molecule has 1 aromatic rings. The number of likely N-dealkylation sites (tertiary alicyclic amines) is 2. The predicted molar refractivity (Wildman–Crippen MR) is 97.2 cm³/mol. The molecule has 0 radical (unpaired) electrons. The Balaban J connectivity index is 1.53. The summed E-state index contributed by atoms with van der Waals surface area (Å²) in [5.41, 5.74) is 0.429. The van der Waals surface area contributed by atoms with Gasteiger partial charge in [-0.2, -0.15) is 0 Å². The van der Waals surface area contributed by atoms with Crippen molar-refractivity contribution in [2.45, 2.75) is 52.1 Å². The predicted octanol–water partition coefficient (Wildman–Crippen LogP) is 2.14. The Morgan fingerprint density at radius 1 is 1.20 bits per heavy atom. The first-order valence-electron chi connectivity index (χ1n) is 9.65. The summed E-state index contributed by atoms with van der Waals surface area (Å²) < 4.78 is 7.23. The molecule has 1 amide bonds. The summed E-state index contributed by atoms with van der Waals surface area (Å²) in [5.74, 6) is 1.32. The Morgan fingerprint density at radius 2 is 1.96 bits per heavy atom. The SMILES string of the molecule is CCn1ccnc1CN1CCCC2(CC1)CCN(C(=O)COC)CC2. The number of ether oxygens (including phenoxy) is 1. The van der Waals surface area contributed by atoms with E-state index in [0.29, 0.717) is 5.41 Å². The van der Waals surface area contributed by atoms with E-state index in [1.54, 1.807) is 7.11 Å². The first kappa shape index (κ1) is 18.4. The van der Waals surface area contributed by atoms with Crippen LogP contribution in [0, 0.1) is 5.41 Å². The van der Waals surface area contributed by atoms with E-state index in [9.17, 15) is 4.79 Å². The van der Waals surface area contributed by atoms with Gasteiger partial charge in [-0.25, -0.2) is 4.98 Å². The van der Waals surface area contributed by atoms with Crippen molar-refractivity contribution in [3.8, 4) is 0 Å². The Hall–Kier alpha value is -1.40. The Kier molecular flexibility index (Phi) is 6.12. The maximum atomic E-state index is 12.0. The van der Waals surface area contributed by atoms with Crippen molar-refractivity contribution in [3.63, 3.8) is 0 Å². The molecule has 0 aliphatic carbocycles. The highest BCUT2D eigenvalue weighted by Crippen LogP contribution is 2.41. The molecule has 6 heteroatoms. The van der Waals surface area contributed by atoms with Gasteiger partial charge in [0.2, 0.25) is 5.91 Å². The molecule has 0 unspecified atom stereocenters. The highest BCUT2D eigenvalue weighted by atomic mass is 16.5. The number of imidazole rings is 1. The van der Waals surface area contributed by atoms with Crippen LogP contribution in [0.5, 0.6) is 0 Å². The fourth-order valence-electron chi connectivity index (χ4n) is 4.39. The fraction of sp³-hybridized carbons (Fsp3) is 0.789. The fourth-order valence-corrected chi connectivity index (χ4v) is 4.39. The lowest BCUT2D eigenvalue weighted by molar-refractivity contribution is -0.137. The van der Waals surface area contributed by atoms with E-state index >= 15 is 0 Å². The smallest absolute Gasteiger partial charge is 0.248 e. The van der Waals surface area contributed by atoms with Crippen LogP contribution in [-0.2, 0) is 22.6 Å². The van der Waals surface area contributed by atoms with Gasteiger partial charge in [0.15, 0.2) is 0 Å². The number of hydrogen-bond acceptors (Lipinski definition) is 4. The summed E-state index contributed by atoms with van der Waals surface area (Å²) in [7, 11) is 1.59. The molecule has 2 aliphatic rings. The monoisotopic (exact) mass is 348 g/mol. The number of carbonyl (C=O) groups excluding carboxylic acids is 1. The van der Waals surface area contributed by atoms with Crippen LogP contribution < -0.4 is 0 Å². The van der Waals surface area contributed by atoms with Crippen molar-refractivity contribution in [1.82, 2.24) is 19.4 Å². The molecule has 0 atom stereocenters. The highest BCUT2D eigenvalue weighted by Gasteiger charge is 2.37. The van der Waals surface area contributed by atoms with E-state index < -0.39 is 0 Å². The van der Waals surface area contributed by atoms with E-state index in [4.69, 9.17) is 4.74 Å². The zero-order valence-electron chi connectivity index (χ0n) is 15.7. The van der Waals surface area contributed by atoms with Gasteiger partial charge < -0.3 is 14.2 Å². The number of aromatic nitrogens is 2. The number of nitrogens with zero attached hydrogens (tertiary/aromatic N) is 4. The van der Waals surface area contributed by atoms with Gasteiger partial charge in [0.1, 0.15) is 12.4 Å². The lowest BCUT2D eigenvalue weighted by Crippen LogP contribution is -2.44. The molecule has 3 rings (SSSR count). The number of piperidine rings is 1. The number of aryl methyl sites for hydroxylation is 1. The zero-order chi connectivity index (χ0) is 17.7.